The number of carbonyl (C=O) groups is 2. The molecule has 114 valence electrons. The van der Waals surface area contributed by atoms with Crippen molar-refractivity contribution in [3.8, 4) is 5.75 Å². The van der Waals surface area contributed by atoms with Gasteiger partial charge in [-0.3, -0.25) is 9.59 Å². The maximum Gasteiger partial charge on any atom is 0.306 e. The van der Waals surface area contributed by atoms with Crippen LogP contribution < -0.4 is 10.1 Å². The fourth-order valence-corrected chi connectivity index (χ4v) is 2.52. The second-order valence-corrected chi connectivity index (χ2v) is 5.21. The van der Waals surface area contributed by atoms with Gasteiger partial charge in [0.05, 0.1) is 5.92 Å². The van der Waals surface area contributed by atoms with Gasteiger partial charge in [-0.25, -0.2) is 4.39 Å². The van der Waals surface area contributed by atoms with Crippen molar-refractivity contribution in [3.63, 3.8) is 0 Å². The zero-order valence-electron chi connectivity index (χ0n) is 11.5. The third-order valence-corrected chi connectivity index (χ3v) is 3.55. The number of carbonyl (C=O) groups excluding carboxylic acids is 1. The molecule has 0 aliphatic heterocycles. The first-order valence-corrected chi connectivity index (χ1v) is 6.95. The van der Waals surface area contributed by atoms with E-state index in [4.69, 9.17) is 9.84 Å². The quantitative estimate of drug-likeness (QED) is 0.870. The SMILES string of the molecule is O=C(COc1cccc(F)c1)NC1CCCC(C(=O)O)C1. The highest BCUT2D eigenvalue weighted by Gasteiger charge is 2.27. The third-order valence-electron chi connectivity index (χ3n) is 3.55. The second kappa shape index (κ2) is 7.06. The minimum Gasteiger partial charge on any atom is -0.484 e. The lowest BCUT2D eigenvalue weighted by Crippen LogP contribution is -2.41. The lowest BCUT2D eigenvalue weighted by atomic mass is 9.86. The highest BCUT2D eigenvalue weighted by atomic mass is 19.1. The van der Waals surface area contributed by atoms with Gasteiger partial charge in [0.25, 0.3) is 5.91 Å². The Bertz CT molecular complexity index is 520. The molecule has 1 aromatic carbocycles. The predicted octanol–water partition coefficient (Wildman–Crippen LogP) is 1.96. The highest BCUT2D eigenvalue weighted by molar-refractivity contribution is 5.78. The first kappa shape index (κ1) is 15.3. The van der Waals surface area contributed by atoms with Gasteiger partial charge in [0, 0.05) is 12.1 Å². The maximum atomic E-state index is 12.9. The average molecular weight is 295 g/mol. The van der Waals surface area contributed by atoms with Crippen molar-refractivity contribution in [1.29, 1.82) is 0 Å². The largest absolute Gasteiger partial charge is 0.484 e. The molecule has 0 bridgehead atoms. The molecule has 1 saturated carbocycles. The van der Waals surface area contributed by atoms with Crippen LogP contribution in [0.1, 0.15) is 25.7 Å². The Morgan fingerprint density at radius 3 is 2.90 bits per heavy atom. The van der Waals surface area contributed by atoms with Crippen molar-refractivity contribution in [2.45, 2.75) is 31.7 Å². The van der Waals surface area contributed by atoms with E-state index in [1.54, 1.807) is 6.07 Å². The summed E-state index contributed by atoms with van der Waals surface area (Å²) in [6, 6.07) is 5.43. The molecule has 2 rings (SSSR count). The summed E-state index contributed by atoms with van der Waals surface area (Å²) in [5.41, 5.74) is 0. The monoisotopic (exact) mass is 295 g/mol. The van der Waals surface area contributed by atoms with Gasteiger partial charge in [-0.15, -0.1) is 0 Å². The first-order chi connectivity index (χ1) is 10.0. The molecule has 1 fully saturated rings. The molecular formula is C15H18FNO4. The highest BCUT2D eigenvalue weighted by Crippen LogP contribution is 2.24. The van der Waals surface area contributed by atoms with E-state index in [1.807, 2.05) is 0 Å². The van der Waals surface area contributed by atoms with E-state index in [2.05, 4.69) is 5.32 Å². The van der Waals surface area contributed by atoms with Crippen LogP contribution in [0, 0.1) is 11.7 Å². The zero-order valence-corrected chi connectivity index (χ0v) is 11.5. The van der Waals surface area contributed by atoms with E-state index in [0.29, 0.717) is 12.8 Å². The van der Waals surface area contributed by atoms with Gasteiger partial charge in [-0.05, 0) is 31.4 Å². The molecule has 21 heavy (non-hydrogen) atoms. The molecule has 2 unspecified atom stereocenters. The maximum absolute atomic E-state index is 12.9. The number of benzene rings is 1. The van der Waals surface area contributed by atoms with E-state index in [0.717, 1.165) is 12.8 Å². The normalized spacial score (nSPS) is 21.6. The summed E-state index contributed by atoms with van der Waals surface area (Å²) < 4.78 is 18.1. The van der Waals surface area contributed by atoms with Crippen molar-refractivity contribution >= 4 is 11.9 Å². The number of carboxylic acids is 1. The summed E-state index contributed by atoms with van der Waals surface area (Å²) >= 11 is 0. The number of carboxylic acid groups (broad SMARTS) is 1. The zero-order chi connectivity index (χ0) is 15.2. The van der Waals surface area contributed by atoms with Gasteiger partial charge in [0.15, 0.2) is 6.61 Å². The van der Waals surface area contributed by atoms with Crippen LogP contribution in [0.25, 0.3) is 0 Å². The number of amides is 1. The summed E-state index contributed by atoms with van der Waals surface area (Å²) in [4.78, 5) is 22.7. The number of halogens is 1. The molecule has 1 amide bonds. The van der Waals surface area contributed by atoms with Crippen LogP contribution >= 0.6 is 0 Å². The van der Waals surface area contributed by atoms with Gasteiger partial charge < -0.3 is 15.2 Å². The number of hydrogen-bond acceptors (Lipinski definition) is 3. The van der Waals surface area contributed by atoms with Crippen molar-refractivity contribution in [1.82, 2.24) is 5.32 Å². The van der Waals surface area contributed by atoms with Crippen LogP contribution in [-0.2, 0) is 9.59 Å². The lowest BCUT2D eigenvalue weighted by Gasteiger charge is -2.27. The number of hydrogen-bond donors (Lipinski definition) is 2. The summed E-state index contributed by atoms with van der Waals surface area (Å²) in [7, 11) is 0. The Morgan fingerprint density at radius 1 is 1.38 bits per heavy atom. The Kier molecular flexibility index (Phi) is 5.14. The topological polar surface area (TPSA) is 75.6 Å². The Hall–Kier alpha value is -2.11. The molecule has 2 atom stereocenters. The Labute approximate surface area is 122 Å². The molecule has 1 aliphatic rings. The van der Waals surface area contributed by atoms with Gasteiger partial charge in [-0.1, -0.05) is 12.5 Å². The van der Waals surface area contributed by atoms with Crippen LogP contribution in [0.15, 0.2) is 24.3 Å². The summed E-state index contributed by atoms with van der Waals surface area (Å²) in [5, 5.41) is 11.8. The molecule has 1 aliphatic carbocycles. The first-order valence-electron chi connectivity index (χ1n) is 6.95. The smallest absolute Gasteiger partial charge is 0.306 e. The fraction of sp³-hybridized carbons (Fsp3) is 0.467. The minimum atomic E-state index is -0.815. The number of ether oxygens (including phenoxy) is 1. The molecule has 2 N–H and O–H groups in total. The van der Waals surface area contributed by atoms with Gasteiger partial charge >= 0.3 is 5.97 Å². The van der Waals surface area contributed by atoms with Crippen molar-refractivity contribution in [3.05, 3.63) is 30.1 Å². The molecule has 6 heteroatoms. The number of rotatable bonds is 5. The molecule has 5 nitrogen and oxygen atoms in total. The van der Waals surface area contributed by atoms with Gasteiger partial charge in [0.1, 0.15) is 11.6 Å². The van der Waals surface area contributed by atoms with E-state index >= 15 is 0 Å². The summed E-state index contributed by atoms with van der Waals surface area (Å²) in [6.45, 7) is -0.211. The van der Waals surface area contributed by atoms with Crippen LogP contribution in [0.2, 0.25) is 0 Å². The Morgan fingerprint density at radius 2 is 2.19 bits per heavy atom. The van der Waals surface area contributed by atoms with Gasteiger partial charge in [0.2, 0.25) is 0 Å². The van der Waals surface area contributed by atoms with E-state index in [-0.39, 0.29) is 24.3 Å². The Balaban J connectivity index is 1.78. The molecule has 0 spiro atoms. The lowest BCUT2D eigenvalue weighted by molar-refractivity contribution is -0.143. The standard InChI is InChI=1S/C15H18FNO4/c16-11-4-2-6-13(8-11)21-9-14(18)17-12-5-1-3-10(7-12)15(19)20/h2,4,6,8,10,12H,1,3,5,7,9H2,(H,17,18)(H,19,20). The van der Waals surface area contributed by atoms with Crippen molar-refractivity contribution in [2.75, 3.05) is 6.61 Å². The summed E-state index contributed by atoms with van der Waals surface area (Å²) in [5.74, 6) is -1.67. The second-order valence-electron chi connectivity index (χ2n) is 5.21. The molecular weight excluding hydrogens is 277 g/mol. The van der Waals surface area contributed by atoms with Gasteiger partial charge in [-0.2, -0.15) is 0 Å². The third kappa shape index (κ3) is 4.73. The molecule has 1 aromatic rings. The van der Waals surface area contributed by atoms with Crippen LogP contribution in [0.3, 0.4) is 0 Å². The predicted molar refractivity (Wildman–Crippen MR) is 73.4 cm³/mol. The number of aliphatic carboxylic acids is 1. The average Bonchev–Trinajstić information content (AvgIpc) is 2.45. The van der Waals surface area contributed by atoms with Crippen LogP contribution in [0.4, 0.5) is 4.39 Å². The molecule has 0 heterocycles. The van der Waals surface area contributed by atoms with Crippen LogP contribution in [-0.4, -0.2) is 29.6 Å². The number of nitrogens with one attached hydrogen (secondary N) is 1. The molecule has 0 aromatic heterocycles. The van der Waals surface area contributed by atoms with Crippen molar-refractivity contribution in [2.24, 2.45) is 5.92 Å². The van der Waals surface area contributed by atoms with Crippen molar-refractivity contribution < 1.29 is 23.8 Å². The van der Waals surface area contributed by atoms with E-state index in [1.165, 1.54) is 18.2 Å². The fourth-order valence-electron chi connectivity index (χ4n) is 2.52. The summed E-state index contributed by atoms with van der Waals surface area (Å²) in [6.07, 6.45) is 2.66. The minimum absolute atomic E-state index is 0.136. The van der Waals surface area contributed by atoms with E-state index in [9.17, 15) is 14.0 Å². The molecule has 0 radical (unpaired) electrons. The van der Waals surface area contributed by atoms with Crippen LogP contribution in [0.5, 0.6) is 5.75 Å². The molecule has 0 saturated heterocycles. The van der Waals surface area contributed by atoms with E-state index < -0.39 is 17.7 Å².